The summed E-state index contributed by atoms with van der Waals surface area (Å²) in [6.07, 6.45) is 8.18. The molecule has 2 heteroatoms. The Balaban J connectivity index is 1.68. The quantitative estimate of drug-likeness (QED) is 0.774. The van der Waals surface area contributed by atoms with Gasteiger partial charge < -0.3 is 10.6 Å². The van der Waals surface area contributed by atoms with Gasteiger partial charge in [-0.2, -0.15) is 0 Å². The topological polar surface area (TPSA) is 29.3 Å². The van der Waals surface area contributed by atoms with E-state index in [0.29, 0.717) is 6.04 Å². The lowest BCUT2D eigenvalue weighted by atomic mass is 9.97. The Kier molecular flexibility index (Phi) is 4.04. The molecule has 1 heterocycles. The molecule has 0 bridgehead atoms. The summed E-state index contributed by atoms with van der Waals surface area (Å²) in [7, 11) is 0. The second-order valence-electron chi connectivity index (χ2n) is 5.69. The molecule has 15 heavy (non-hydrogen) atoms. The normalized spacial score (nSPS) is 38.4. The monoisotopic (exact) mass is 210 g/mol. The van der Waals surface area contributed by atoms with Gasteiger partial charge in [0.15, 0.2) is 0 Å². The Hall–Kier alpha value is -0.0800. The fourth-order valence-corrected chi connectivity index (χ4v) is 3.26. The lowest BCUT2D eigenvalue weighted by Crippen LogP contribution is -2.37. The van der Waals surface area contributed by atoms with E-state index in [4.69, 9.17) is 5.73 Å². The van der Waals surface area contributed by atoms with Crippen molar-refractivity contribution in [2.75, 3.05) is 19.6 Å². The molecule has 2 aliphatic rings. The molecule has 2 N–H and O–H groups in total. The predicted octanol–water partition coefficient (Wildman–Crippen LogP) is 2.24. The van der Waals surface area contributed by atoms with Crippen LogP contribution in [0.4, 0.5) is 0 Å². The molecule has 1 saturated carbocycles. The Morgan fingerprint density at radius 2 is 2.07 bits per heavy atom. The lowest BCUT2D eigenvalue weighted by molar-refractivity contribution is 0.171. The molecular weight excluding hydrogens is 184 g/mol. The molecule has 1 saturated heterocycles. The zero-order valence-electron chi connectivity index (χ0n) is 10.1. The highest BCUT2D eigenvalue weighted by Gasteiger charge is 2.25. The maximum Gasteiger partial charge on any atom is 0.00676 e. The Morgan fingerprint density at radius 1 is 1.20 bits per heavy atom. The van der Waals surface area contributed by atoms with E-state index in [0.717, 1.165) is 11.8 Å². The van der Waals surface area contributed by atoms with Crippen LogP contribution in [0.25, 0.3) is 0 Å². The zero-order valence-corrected chi connectivity index (χ0v) is 10.1. The van der Waals surface area contributed by atoms with Crippen molar-refractivity contribution in [3.8, 4) is 0 Å². The molecular formula is C13H26N2. The summed E-state index contributed by atoms with van der Waals surface area (Å²) in [5, 5.41) is 0. The van der Waals surface area contributed by atoms with E-state index in [-0.39, 0.29) is 0 Å². The molecule has 88 valence electrons. The van der Waals surface area contributed by atoms with E-state index >= 15 is 0 Å². The second kappa shape index (κ2) is 5.31. The molecule has 3 unspecified atom stereocenters. The second-order valence-corrected chi connectivity index (χ2v) is 5.69. The number of rotatable bonds is 3. The zero-order chi connectivity index (χ0) is 10.7. The summed E-state index contributed by atoms with van der Waals surface area (Å²) in [6, 6.07) is 0.507. The van der Waals surface area contributed by atoms with E-state index in [2.05, 4.69) is 11.8 Å². The Morgan fingerprint density at radius 3 is 2.73 bits per heavy atom. The molecule has 0 aromatic heterocycles. The van der Waals surface area contributed by atoms with Gasteiger partial charge in [-0.15, -0.1) is 0 Å². The molecule has 0 spiro atoms. The molecule has 2 fully saturated rings. The molecule has 2 rings (SSSR count). The van der Waals surface area contributed by atoms with Crippen molar-refractivity contribution in [2.45, 2.75) is 51.5 Å². The van der Waals surface area contributed by atoms with Crippen molar-refractivity contribution >= 4 is 0 Å². The molecule has 2 nitrogen and oxygen atoms in total. The van der Waals surface area contributed by atoms with Crippen LogP contribution in [0.5, 0.6) is 0 Å². The van der Waals surface area contributed by atoms with Gasteiger partial charge >= 0.3 is 0 Å². The van der Waals surface area contributed by atoms with Crippen LogP contribution in [0.1, 0.15) is 45.4 Å². The van der Waals surface area contributed by atoms with Gasteiger partial charge in [0.1, 0.15) is 0 Å². The molecule has 0 aromatic rings. The third-order valence-corrected chi connectivity index (χ3v) is 4.28. The van der Waals surface area contributed by atoms with Crippen LogP contribution in [-0.2, 0) is 0 Å². The molecule has 0 aromatic carbocycles. The van der Waals surface area contributed by atoms with Crippen LogP contribution in [0.15, 0.2) is 0 Å². The fraction of sp³-hybridized carbons (Fsp3) is 1.00. The number of nitrogens with zero attached hydrogens (tertiary/aromatic N) is 1. The van der Waals surface area contributed by atoms with Gasteiger partial charge in [0, 0.05) is 12.6 Å². The van der Waals surface area contributed by atoms with Crippen LogP contribution in [0, 0.1) is 11.8 Å². The number of hydrogen-bond acceptors (Lipinski definition) is 2. The fourth-order valence-electron chi connectivity index (χ4n) is 3.26. The molecule has 1 aliphatic heterocycles. The minimum absolute atomic E-state index is 0.507. The minimum Gasteiger partial charge on any atom is -0.327 e. The summed E-state index contributed by atoms with van der Waals surface area (Å²) >= 11 is 0. The van der Waals surface area contributed by atoms with Crippen LogP contribution in [-0.4, -0.2) is 30.6 Å². The maximum atomic E-state index is 6.10. The van der Waals surface area contributed by atoms with Crippen molar-refractivity contribution in [1.29, 1.82) is 0 Å². The summed E-state index contributed by atoms with van der Waals surface area (Å²) < 4.78 is 0. The van der Waals surface area contributed by atoms with E-state index in [1.165, 1.54) is 58.2 Å². The third kappa shape index (κ3) is 3.18. The molecule has 0 amide bonds. The van der Waals surface area contributed by atoms with Gasteiger partial charge in [-0.25, -0.2) is 0 Å². The van der Waals surface area contributed by atoms with Crippen molar-refractivity contribution in [2.24, 2.45) is 17.6 Å². The van der Waals surface area contributed by atoms with Crippen molar-refractivity contribution in [3.63, 3.8) is 0 Å². The smallest absolute Gasteiger partial charge is 0.00676 e. The van der Waals surface area contributed by atoms with Crippen molar-refractivity contribution in [1.82, 2.24) is 4.90 Å². The van der Waals surface area contributed by atoms with Gasteiger partial charge in [-0.1, -0.05) is 13.3 Å². The van der Waals surface area contributed by atoms with Crippen molar-refractivity contribution in [3.05, 3.63) is 0 Å². The van der Waals surface area contributed by atoms with Gasteiger partial charge in [0.05, 0.1) is 0 Å². The molecule has 3 atom stereocenters. The first-order chi connectivity index (χ1) is 7.25. The SMILES string of the molecule is CC1CCCN(CCC2CCCC2N)C1. The van der Waals surface area contributed by atoms with Gasteiger partial charge in [-0.05, 0) is 57.0 Å². The van der Waals surface area contributed by atoms with Gasteiger partial charge in [0.25, 0.3) is 0 Å². The molecule has 0 radical (unpaired) electrons. The van der Waals surface area contributed by atoms with Crippen molar-refractivity contribution < 1.29 is 0 Å². The van der Waals surface area contributed by atoms with E-state index in [1.807, 2.05) is 0 Å². The largest absolute Gasteiger partial charge is 0.327 e. The first-order valence-corrected chi connectivity index (χ1v) is 6.73. The van der Waals surface area contributed by atoms with E-state index < -0.39 is 0 Å². The first kappa shape index (κ1) is 11.4. The number of hydrogen-bond donors (Lipinski definition) is 1. The van der Waals surface area contributed by atoms with E-state index in [1.54, 1.807) is 0 Å². The molecule has 1 aliphatic carbocycles. The summed E-state index contributed by atoms with van der Waals surface area (Å²) in [4.78, 5) is 2.65. The van der Waals surface area contributed by atoms with Gasteiger partial charge in [-0.3, -0.25) is 0 Å². The summed E-state index contributed by atoms with van der Waals surface area (Å²) in [5.74, 6) is 1.73. The van der Waals surface area contributed by atoms with Crippen LogP contribution < -0.4 is 5.73 Å². The predicted molar refractivity (Wildman–Crippen MR) is 64.8 cm³/mol. The third-order valence-electron chi connectivity index (χ3n) is 4.28. The maximum absolute atomic E-state index is 6.10. The summed E-state index contributed by atoms with van der Waals surface area (Å²) in [6.45, 7) is 6.32. The summed E-state index contributed by atoms with van der Waals surface area (Å²) in [5.41, 5.74) is 6.10. The number of piperidine rings is 1. The highest BCUT2D eigenvalue weighted by Crippen LogP contribution is 2.27. The highest BCUT2D eigenvalue weighted by molar-refractivity contribution is 4.81. The van der Waals surface area contributed by atoms with Gasteiger partial charge in [0.2, 0.25) is 0 Å². The van der Waals surface area contributed by atoms with Crippen LogP contribution >= 0.6 is 0 Å². The number of nitrogens with two attached hydrogens (primary N) is 1. The Labute approximate surface area is 94.2 Å². The van der Waals surface area contributed by atoms with Crippen LogP contribution in [0.2, 0.25) is 0 Å². The van der Waals surface area contributed by atoms with Crippen LogP contribution in [0.3, 0.4) is 0 Å². The first-order valence-electron chi connectivity index (χ1n) is 6.73. The highest BCUT2D eigenvalue weighted by atomic mass is 15.1. The average Bonchev–Trinajstić information content (AvgIpc) is 2.61. The average molecular weight is 210 g/mol. The van der Waals surface area contributed by atoms with E-state index in [9.17, 15) is 0 Å². The number of likely N-dealkylation sites (tertiary alicyclic amines) is 1. The standard InChI is InChI=1S/C13H26N2/c1-11-4-3-8-15(10-11)9-7-12-5-2-6-13(12)14/h11-13H,2-10,14H2,1H3. The Bertz CT molecular complexity index is 193. The lowest BCUT2D eigenvalue weighted by Gasteiger charge is -2.31. The minimum atomic E-state index is 0.507.